The van der Waals surface area contributed by atoms with Crippen molar-refractivity contribution < 1.29 is 0 Å². The normalized spacial score (nSPS) is 11.7. The van der Waals surface area contributed by atoms with Crippen molar-refractivity contribution in [1.29, 1.82) is 0 Å². The van der Waals surface area contributed by atoms with Crippen molar-refractivity contribution in [3.05, 3.63) is 368 Å². The lowest BCUT2D eigenvalue weighted by atomic mass is 9.97. The molecule has 0 amide bonds. The topological polar surface area (TPSA) is 30.6 Å². The van der Waals surface area contributed by atoms with E-state index in [0.717, 1.165) is 10.2 Å². The molecule has 0 aliphatic carbocycles. The highest BCUT2D eigenvalue weighted by molar-refractivity contribution is 9.10. The smallest absolute Gasteiger partial charge is 0.0542 e. The van der Waals surface area contributed by atoms with Gasteiger partial charge in [0.1, 0.15) is 0 Å². The Bertz CT molecular complexity index is 7010. The minimum atomic E-state index is 1.10. The van der Waals surface area contributed by atoms with E-state index < -0.39 is 0 Å². The molecule has 22 rings (SSSR count). The monoisotopic (exact) mass is 1410 g/mol. The van der Waals surface area contributed by atoms with Crippen molar-refractivity contribution in [1.82, 2.24) is 18.7 Å². The Kier molecular flexibility index (Phi) is 14.7. The van der Waals surface area contributed by atoms with Gasteiger partial charge in [-0.15, -0.1) is 22.7 Å². The molecule has 6 aromatic heterocycles. The van der Waals surface area contributed by atoms with Crippen molar-refractivity contribution >= 4 is 166 Å². The summed E-state index contributed by atoms with van der Waals surface area (Å²) in [6.45, 7) is 0. The maximum absolute atomic E-state index is 3.58. The molecule has 103 heavy (non-hydrogen) atoms. The van der Waals surface area contributed by atoms with E-state index >= 15 is 0 Å². The molecule has 1 N–H and O–H groups in total. The number of nitrogens with zero attached hydrogens (tertiary/aromatic N) is 3. The van der Waals surface area contributed by atoms with E-state index in [9.17, 15) is 0 Å². The minimum Gasteiger partial charge on any atom is -0.355 e. The first kappa shape index (κ1) is 60.6. The summed E-state index contributed by atoms with van der Waals surface area (Å²) < 4.78 is 13.7. The first-order valence-electron chi connectivity index (χ1n) is 34.9. The van der Waals surface area contributed by atoms with Crippen LogP contribution in [0.1, 0.15) is 0 Å². The number of thiophene rings is 2. The van der Waals surface area contributed by atoms with Gasteiger partial charge >= 0.3 is 0 Å². The Morgan fingerprint density at radius 3 is 1.06 bits per heavy atom. The average molecular weight is 1410 g/mol. The van der Waals surface area contributed by atoms with Gasteiger partial charge in [-0.05, 0) is 166 Å². The summed E-state index contributed by atoms with van der Waals surface area (Å²) in [5, 5.41) is 15.5. The van der Waals surface area contributed by atoms with Crippen LogP contribution in [-0.2, 0) is 0 Å². The van der Waals surface area contributed by atoms with Crippen LogP contribution in [0.4, 0.5) is 0 Å². The van der Waals surface area contributed by atoms with Crippen LogP contribution in [-0.4, -0.2) is 18.7 Å². The van der Waals surface area contributed by atoms with Gasteiger partial charge in [0.05, 0.1) is 33.1 Å². The maximum atomic E-state index is 3.58. The number of benzene rings is 16. The van der Waals surface area contributed by atoms with Crippen LogP contribution in [0.25, 0.3) is 189 Å². The number of H-pyrrole nitrogens is 1. The Labute approximate surface area is 610 Å². The highest BCUT2D eigenvalue weighted by atomic mass is 79.9. The fraction of sp³-hybridized carbons (Fsp3) is 0. The number of rotatable bonds is 7. The first-order valence-corrected chi connectivity index (χ1v) is 37.3. The van der Waals surface area contributed by atoms with E-state index in [2.05, 4.69) is 399 Å². The second-order valence-electron chi connectivity index (χ2n) is 26.5. The predicted octanol–water partition coefficient (Wildman–Crippen LogP) is 28.2. The Balaban J connectivity index is 0.000000114. The summed E-state index contributed by atoms with van der Waals surface area (Å²) in [6.07, 6.45) is 0. The molecule has 0 aliphatic rings. The van der Waals surface area contributed by atoms with E-state index in [1.54, 1.807) is 0 Å². The molecule has 0 radical (unpaired) electrons. The van der Waals surface area contributed by atoms with Gasteiger partial charge in [0.15, 0.2) is 0 Å². The van der Waals surface area contributed by atoms with Crippen LogP contribution < -0.4 is 0 Å². The summed E-state index contributed by atoms with van der Waals surface area (Å²) in [7, 11) is 0. The molecule has 22 aromatic rings. The van der Waals surface area contributed by atoms with Crippen LogP contribution in [0.15, 0.2) is 368 Å². The molecule has 0 saturated carbocycles. The summed E-state index contributed by atoms with van der Waals surface area (Å²) in [6, 6.07) is 132. The third kappa shape index (κ3) is 10.4. The number of aromatic amines is 1. The predicted molar refractivity (Wildman–Crippen MR) is 447 cm³/mol. The van der Waals surface area contributed by atoms with Crippen molar-refractivity contribution in [2.24, 2.45) is 0 Å². The Morgan fingerprint density at radius 2 is 0.553 bits per heavy atom. The van der Waals surface area contributed by atoms with Crippen LogP contribution in [0.3, 0.4) is 0 Å². The van der Waals surface area contributed by atoms with Crippen molar-refractivity contribution in [3.8, 4) is 61.6 Å². The lowest BCUT2D eigenvalue weighted by Gasteiger charge is -2.12. The third-order valence-corrected chi connectivity index (χ3v) is 23.5. The molecule has 6 heterocycles. The fourth-order valence-corrected chi connectivity index (χ4v) is 18.8. The van der Waals surface area contributed by atoms with E-state index in [0.29, 0.717) is 0 Å². The van der Waals surface area contributed by atoms with Gasteiger partial charge < -0.3 is 18.7 Å². The van der Waals surface area contributed by atoms with Gasteiger partial charge in [0.2, 0.25) is 0 Å². The molecule has 0 bridgehead atoms. The summed E-state index contributed by atoms with van der Waals surface area (Å²) in [4.78, 5) is 3.52. The van der Waals surface area contributed by atoms with Crippen LogP contribution in [0, 0.1) is 0 Å². The van der Waals surface area contributed by atoms with Gasteiger partial charge in [-0.3, -0.25) is 0 Å². The quantitative estimate of drug-likeness (QED) is 0.165. The Hall–Kier alpha value is -12.4. The lowest BCUT2D eigenvalue weighted by Crippen LogP contribution is -1.96. The Morgan fingerprint density at radius 1 is 0.214 bits per heavy atom. The number of hydrogen-bond donors (Lipinski definition) is 1. The molecule has 16 aromatic carbocycles. The zero-order valence-corrected chi connectivity index (χ0v) is 58.9. The minimum absolute atomic E-state index is 1.10. The molecule has 0 spiro atoms. The van der Waals surface area contributed by atoms with Crippen LogP contribution >= 0.6 is 38.6 Å². The molecular formula is C96H61BrN4S2. The number of hydrogen-bond acceptors (Lipinski definition) is 2. The highest BCUT2D eigenvalue weighted by Gasteiger charge is 2.20. The second-order valence-corrected chi connectivity index (χ2v) is 29.5. The number of halogens is 1. The molecule has 0 saturated heterocycles. The lowest BCUT2D eigenvalue weighted by molar-refractivity contribution is 1.17. The molecule has 0 atom stereocenters. The number of para-hydroxylation sites is 6. The summed E-state index contributed by atoms with van der Waals surface area (Å²) in [5.74, 6) is 0. The zero-order chi connectivity index (χ0) is 68.1. The highest BCUT2D eigenvalue weighted by Crippen LogP contribution is 2.45. The van der Waals surface area contributed by atoms with E-state index in [-0.39, 0.29) is 0 Å². The number of fused-ring (bicyclic) bond motifs is 18. The largest absolute Gasteiger partial charge is 0.355 e. The summed E-state index contributed by atoms with van der Waals surface area (Å²) in [5.41, 5.74) is 23.2. The van der Waals surface area contributed by atoms with E-state index in [1.165, 1.54) is 183 Å². The van der Waals surface area contributed by atoms with Gasteiger partial charge in [0, 0.05) is 116 Å². The average Bonchev–Trinajstić information content (AvgIpc) is 1.59. The number of nitrogens with one attached hydrogen (secondary N) is 1. The van der Waals surface area contributed by atoms with E-state index in [4.69, 9.17) is 0 Å². The molecule has 0 unspecified atom stereocenters. The van der Waals surface area contributed by atoms with Crippen molar-refractivity contribution in [3.63, 3.8) is 0 Å². The van der Waals surface area contributed by atoms with Crippen molar-refractivity contribution in [2.45, 2.75) is 0 Å². The third-order valence-electron chi connectivity index (χ3n) is 20.6. The second kappa shape index (κ2) is 25.1. The number of aromatic nitrogens is 4. The standard InChI is InChI=1S/C48H30N2S.C24H15BrS.C24H16N2/c1-5-22-43-37(16-1)38-17-2-6-23-44(38)50(43)35-26-27-46-42(30-35)39-18-3-7-24-45(39)49(46)34-15-10-13-32(29-34)31-12-9-14-33(28-31)36-20-11-21-41-40-19-4-8-25-47(40)51-48(36)41;25-19-9-4-7-17(15-19)16-6-3-8-18(14-16)20-11-5-12-22-21-10-1-2-13-23(21)26-24(20)22;1-4-10-21-17(7-1)20-15-16(13-14-22(20)25-21)26-23-11-5-2-8-18(23)19-9-3-6-12-24(19)26/h1-30H;1-15H;1-15,25H. The summed E-state index contributed by atoms with van der Waals surface area (Å²) >= 11 is 7.34. The van der Waals surface area contributed by atoms with Gasteiger partial charge in [-0.1, -0.05) is 259 Å². The van der Waals surface area contributed by atoms with Crippen LogP contribution in [0.5, 0.6) is 0 Å². The van der Waals surface area contributed by atoms with Gasteiger partial charge in [-0.2, -0.15) is 0 Å². The molecule has 0 fully saturated rings. The molecule has 0 aliphatic heterocycles. The SMILES string of the molecule is Brc1cccc(-c2cccc(-c3cccc4c3sc3ccccc34)c2)c1.c1cc(-c2cccc(-n3c4ccccc4c4cc(-n5c6ccccc6c6ccccc65)ccc43)c2)cc(-c2cccc3c2sc2ccccc23)c1.c1ccc2c(c1)[nH]c1ccc(-n3c4ccccc4c4ccccc43)cc12. The van der Waals surface area contributed by atoms with Crippen LogP contribution in [0.2, 0.25) is 0 Å². The molecule has 484 valence electrons. The molecule has 4 nitrogen and oxygen atoms in total. The van der Waals surface area contributed by atoms with Gasteiger partial charge in [0.25, 0.3) is 0 Å². The maximum Gasteiger partial charge on any atom is 0.0542 e. The first-order chi connectivity index (χ1) is 51.0. The van der Waals surface area contributed by atoms with E-state index in [1.807, 2.05) is 22.7 Å². The zero-order valence-electron chi connectivity index (χ0n) is 55.7. The molecule has 7 heteroatoms. The molecular weight excluding hydrogens is 1350 g/mol. The van der Waals surface area contributed by atoms with Gasteiger partial charge in [-0.25, -0.2) is 0 Å². The van der Waals surface area contributed by atoms with Crippen molar-refractivity contribution in [2.75, 3.05) is 0 Å². The fourth-order valence-electron chi connectivity index (χ4n) is 15.9.